The van der Waals surface area contributed by atoms with E-state index in [-0.39, 0.29) is 24.9 Å². The van der Waals surface area contributed by atoms with Crippen LogP contribution in [0.2, 0.25) is 5.02 Å². The van der Waals surface area contributed by atoms with Crippen molar-refractivity contribution in [2.45, 2.75) is 45.6 Å². The summed E-state index contributed by atoms with van der Waals surface area (Å²) >= 11 is 5.91. The van der Waals surface area contributed by atoms with Crippen molar-refractivity contribution in [3.63, 3.8) is 0 Å². The van der Waals surface area contributed by atoms with E-state index in [1.807, 2.05) is 62.4 Å². The van der Waals surface area contributed by atoms with Crippen LogP contribution >= 0.6 is 11.6 Å². The summed E-state index contributed by atoms with van der Waals surface area (Å²) in [6.45, 7) is 4.97. The van der Waals surface area contributed by atoms with Crippen LogP contribution in [0.1, 0.15) is 31.9 Å². The molecule has 1 heterocycles. The Morgan fingerprint density at radius 1 is 1.07 bits per heavy atom. The van der Waals surface area contributed by atoms with E-state index in [1.54, 1.807) is 9.13 Å². The predicted octanol–water partition coefficient (Wildman–Crippen LogP) is 4.01. The van der Waals surface area contributed by atoms with Gasteiger partial charge < -0.3 is 9.84 Å². The van der Waals surface area contributed by atoms with Crippen molar-refractivity contribution in [2.24, 2.45) is 0 Å². The van der Waals surface area contributed by atoms with Crippen molar-refractivity contribution in [1.82, 2.24) is 9.13 Å². The van der Waals surface area contributed by atoms with Crippen LogP contribution in [0.25, 0.3) is 11.0 Å². The average Bonchev–Trinajstić information content (AvgIpc) is 2.93. The zero-order valence-corrected chi connectivity index (χ0v) is 16.4. The first-order chi connectivity index (χ1) is 13.0. The summed E-state index contributed by atoms with van der Waals surface area (Å²) in [5.41, 5.74) is 2.62. The van der Waals surface area contributed by atoms with Gasteiger partial charge in [-0.2, -0.15) is 0 Å². The highest BCUT2D eigenvalue weighted by molar-refractivity contribution is 6.30. The zero-order valence-electron chi connectivity index (χ0n) is 15.6. The van der Waals surface area contributed by atoms with E-state index in [9.17, 15) is 9.90 Å². The van der Waals surface area contributed by atoms with Gasteiger partial charge >= 0.3 is 5.69 Å². The molecule has 3 rings (SSSR count). The second-order valence-corrected chi connectivity index (χ2v) is 7.15. The van der Waals surface area contributed by atoms with Gasteiger partial charge in [-0.05, 0) is 43.2 Å². The third-order valence-electron chi connectivity index (χ3n) is 4.64. The molecule has 1 N–H and O–H groups in total. The van der Waals surface area contributed by atoms with Gasteiger partial charge in [-0.15, -0.1) is 0 Å². The topological polar surface area (TPSA) is 56.4 Å². The van der Waals surface area contributed by atoms with Crippen molar-refractivity contribution < 1.29 is 9.84 Å². The molecule has 2 aromatic carbocycles. The molecule has 0 spiro atoms. The van der Waals surface area contributed by atoms with Crippen LogP contribution in [-0.4, -0.2) is 27.0 Å². The van der Waals surface area contributed by atoms with Crippen molar-refractivity contribution >= 4 is 22.6 Å². The van der Waals surface area contributed by atoms with Gasteiger partial charge in [-0.3, -0.25) is 9.13 Å². The maximum atomic E-state index is 12.8. The minimum absolute atomic E-state index is 0.0946. The number of rotatable bonds is 8. The molecule has 0 fully saturated rings. The van der Waals surface area contributed by atoms with Crippen molar-refractivity contribution in [2.75, 3.05) is 6.61 Å². The summed E-state index contributed by atoms with van der Waals surface area (Å²) in [6, 6.07) is 15.1. The fourth-order valence-corrected chi connectivity index (χ4v) is 3.36. The van der Waals surface area contributed by atoms with Gasteiger partial charge in [0.2, 0.25) is 0 Å². The number of hydrogen-bond acceptors (Lipinski definition) is 3. The number of fused-ring (bicyclic) bond motifs is 1. The maximum absolute atomic E-state index is 12.8. The zero-order chi connectivity index (χ0) is 19.4. The third-order valence-corrected chi connectivity index (χ3v) is 4.90. The summed E-state index contributed by atoms with van der Waals surface area (Å²) in [4.78, 5) is 12.8. The fourth-order valence-electron chi connectivity index (χ4n) is 3.24. The molecule has 27 heavy (non-hydrogen) atoms. The van der Waals surface area contributed by atoms with Crippen LogP contribution in [0, 0.1) is 0 Å². The highest BCUT2D eigenvalue weighted by atomic mass is 35.5. The Balaban J connectivity index is 1.71. The number of nitrogens with zero attached hydrogens (tertiary/aromatic N) is 2. The van der Waals surface area contributed by atoms with Crippen LogP contribution in [0.3, 0.4) is 0 Å². The monoisotopic (exact) mass is 388 g/mol. The van der Waals surface area contributed by atoms with E-state index in [0.717, 1.165) is 23.0 Å². The van der Waals surface area contributed by atoms with Crippen LogP contribution < -0.4 is 5.69 Å². The van der Waals surface area contributed by atoms with E-state index in [1.165, 1.54) is 0 Å². The molecule has 6 heteroatoms. The summed E-state index contributed by atoms with van der Waals surface area (Å²) < 4.78 is 9.19. The number of aryl methyl sites for hydroxylation is 1. The van der Waals surface area contributed by atoms with E-state index in [0.29, 0.717) is 11.6 Å². The lowest BCUT2D eigenvalue weighted by Crippen LogP contribution is -2.31. The van der Waals surface area contributed by atoms with Gasteiger partial charge in [0.25, 0.3) is 0 Å². The molecule has 144 valence electrons. The van der Waals surface area contributed by atoms with Gasteiger partial charge in [0.1, 0.15) is 0 Å². The quantitative estimate of drug-likeness (QED) is 0.634. The summed E-state index contributed by atoms with van der Waals surface area (Å²) in [6.07, 6.45) is -0.0774. The number of halogens is 1. The lowest BCUT2D eigenvalue weighted by atomic mass is 10.1. The minimum Gasteiger partial charge on any atom is -0.389 e. The molecule has 3 aromatic rings. The standard InChI is InChI=1S/C21H25ClN2O3/c1-3-12-23-19-6-4-5-7-20(19)24(21(23)26)13-18(25)14-27-15(2)16-8-10-17(22)11-9-16/h4-11,15,18,25H,3,12-14H2,1-2H3/t15-,18+/m0/s1. The lowest BCUT2D eigenvalue weighted by Gasteiger charge is -2.17. The molecule has 0 unspecified atom stereocenters. The van der Waals surface area contributed by atoms with Crippen LogP contribution in [0.4, 0.5) is 0 Å². The number of aliphatic hydroxyl groups excluding tert-OH is 1. The number of para-hydroxylation sites is 2. The number of hydrogen-bond donors (Lipinski definition) is 1. The molecule has 5 nitrogen and oxygen atoms in total. The van der Waals surface area contributed by atoms with E-state index < -0.39 is 6.10 Å². The van der Waals surface area contributed by atoms with Crippen LogP contribution in [0.5, 0.6) is 0 Å². The molecular formula is C21H25ClN2O3. The Hall–Kier alpha value is -2.08. The summed E-state index contributed by atoms with van der Waals surface area (Å²) in [5.74, 6) is 0. The number of ether oxygens (including phenoxy) is 1. The lowest BCUT2D eigenvalue weighted by molar-refractivity contribution is -0.00869. The van der Waals surface area contributed by atoms with E-state index >= 15 is 0 Å². The highest BCUT2D eigenvalue weighted by Gasteiger charge is 2.16. The predicted molar refractivity (Wildman–Crippen MR) is 108 cm³/mol. The first-order valence-electron chi connectivity index (χ1n) is 9.24. The van der Waals surface area contributed by atoms with Gasteiger partial charge in [-0.1, -0.05) is 42.8 Å². The summed E-state index contributed by atoms with van der Waals surface area (Å²) in [7, 11) is 0. The van der Waals surface area contributed by atoms with Crippen molar-refractivity contribution in [3.05, 3.63) is 69.6 Å². The van der Waals surface area contributed by atoms with Crippen molar-refractivity contribution in [1.29, 1.82) is 0 Å². The normalized spacial score (nSPS) is 13.8. The Kier molecular flexibility index (Phi) is 6.37. The first-order valence-corrected chi connectivity index (χ1v) is 9.62. The molecule has 0 amide bonds. The van der Waals surface area contributed by atoms with Gasteiger partial charge in [0.05, 0.1) is 36.4 Å². The third kappa shape index (κ3) is 4.43. The smallest absolute Gasteiger partial charge is 0.329 e. The molecule has 0 saturated heterocycles. The molecule has 2 atom stereocenters. The number of aliphatic hydroxyl groups is 1. The Bertz CT molecular complexity index is 946. The van der Waals surface area contributed by atoms with Gasteiger partial charge in [0, 0.05) is 11.6 Å². The Morgan fingerprint density at radius 2 is 1.70 bits per heavy atom. The minimum atomic E-state index is -0.779. The molecule has 0 bridgehead atoms. The van der Waals surface area contributed by atoms with Gasteiger partial charge in [-0.25, -0.2) is 4.79 Å². The molecular weight excluding hydrogens is 364 g/mol. The highest BCUT2D eigenvalue weighted by Crippen LogP contribution is 2.20. The van der Waals surface area contributed by atoms with Crippen molar-refractivity contribution in [3.8, 4) is 0 Å². The molecule has 0 radical (unpaired) electrons. The second kappa shape index (κ2) is 8.74. The van der Waals surface area contributed by atoms with Crippen LogP contribution in [0.15, 0.2) is 53.3 Å². The summed E-state index contributed by atoms with van der Waals surface area (Å²) in [5, 5.41) is 11.1. The number of imidazole rings is 1. The second-order valence-electron chi connectivity index (χ2n) is 6.71. The molecule has 0 aliphatic heterocycles. The first kappa shape index (κ1) is 19.7. The SMILES string of the molecule is CCCn1c(=O)n(C[C@@H](O)CO[C@@H](C)c2ccc(Cl)cc2)c2ccccc21. The van der Waals surface area contributed by atoms with E-state index in [4.69, 9.17) is 16.3 Å². The van der Waals surface area contributed by atoms with Gasteiger partial charge in [0.15, 0.2) is 0 Å². The number of aromatic nitrogens is 2. The molecule has 0 saturated carbocycles. The Morgan fingerprint density at radius 3 is 2.33 bits per heavy atom. The average molecular weight is 389 g/mol. The largest absolute Gasteiger partial charge is 0.389 e. The molecule has 1 aromatic heterocycles. The maximum Gasteiger partial charge on any atom is 0.329 e. The fraction of sp³-hybridized carbons (Fsp3) is 0.381. The number of benzene rings is 2. The Labute approximate surface area is 163 Å². The van der Waals surface area contributed by atoms with Crippen LogP contribution in [-0.2, 0) is 17.8 Å². The molecule has 0 aliphatic carbocycles. The molecule has 0 aliphatic rings. The van der Waals surface area contributed by atoms with E-state index in [2.05, 4.69) is 0 Å².